The van der Waals surface area contributed by atoms with Crippen molar-refractivity contribution in [2.45, 2.75) is 19.9 Å². The van der Waals surface area contributed by atoms with Gasteiger partial charge in [0.05, 0.1) is 10.0 Å². The number of nitrogens with zero attached hydrogens (tertiary/aromatic N) is 1. The number of anilines is 1. The van der Waals surface area contributed by atoms with Crippen LogP contribution in [0.4, 0.5) is 5.69 Å². The predicted molar refractivity (Wildman–Crippen MR) is 66.6 cm³/mol. The van der Waals surface area contributed by atoms with Crippen LogP contribution in [0.25, 0.3) is 0 Å². The molecule has 0 unspecified atom stereocenters. The van der Waals surface area contributed by atoms with Gasteiger partial charge < -0.3 is 10.0 Å². The molecular weight excluding hydrogens is 249 g/mol. The normalized spacial score (nSPS) is 12.2. The van der Waals surface area contributed by atoms with Crippen LogP contribution in [0, 0.1) is 0 Å². The van der Waals surface area contributed by atoms with Gasteiger partial charge in [0.25, 0.3) is 0 Å². The molecule has 1 atom stereocenters. The Kier molecular flexibility index (Phi) is 4.44. The Hall–Kier alpha value is -0.930. The van der Waals surface area contributed by atoms with Crippen molar-refractivity contribution in [2.24, 2.45) is 0 Å². The van der Waals surface area contributed by atoms with Gasteiger partial charge in [0.1, 0.15) is 6.04 Å². The molecule has 0 aliphatic carbocycles. The van der Waals surface area contributed by atoms with Gasteiger partial charge in [-0.25, -0.2) is 4.79 Å². The van der Waals surface area contributed by atoms with Gasteiger partial charge in [0.2, 0.25) is 0 Å². The highest BCUT2D eigenvalue weighted by Gasteiger charge is 2.19. The summed E-state index contributed by atoms with van der Waals surface area (Å²) < 4.78 is 0. The van der Waals surface area contributed by atoms with Crippen molar-refractivity contribution in [3.8, 4) is 0 Å². The largest absolute Gasteiger partial charge is 0.480 e. The molecule has 0 aromatic heterocycles. The predicted octanol–water partition coefficient (Wildman–Crippen LogP) is 3.29. The van der Waals surface area contributed by atoms with Gasteiger partial charge in [0, 0.05) is 12.2 Å². The SMILES string of the molecule is CCN(c1ccc(Cl)c(Cl)c1)[C@@H](C)C(=O)O. The molecule has 0 aliphatic heterocycles. The standard InChI is InChI=1S/C11H13Cl2NO2/c1-3-14(7(2)11(15)16)8-4-5-9(12)10(13)6-8/h4-7H,3H2,1-2H3,(H,15,16)/t7-/m0/s1. The summed E-state index contributed by atoms with van der Waals surface area (Å²) in [6, 6.07) is 4.50. The van der Waals surface area contributed by atoms with Crippen molar-refractivity contribution >= 4 is 34.9 Å². The average molecular weight is 262 g/mol. The summed E-state index contributed by atoms with van der Waals surface area (Å²) in [6.45, 7) is 4.11. The molecule has 0 spiro atoms. The third kappa shape index (κ3) is 2.80. The Morgan fingerprint density at radius 2 is 2.06 bits per heavy atom. The molecule has 5 heteroatoms. The lowest BCUT2D eigenvalue weighted by Crippen LogP contribution is -2.38. The van der Waals surface area contributed by atoms with Crippen LogP contribution in [0.5, 0.6) is 0 Å². The quantitative estimate of drug-likeness (QED) is 0.905. The maximum absolute atomic E-state index is 10.9. The van der Waals surface area contributed by atoms with E-state index in [2.05, 4.69) is 0 Å². The van der Waals surface area contributed by atoms with Crippen LogP contribution in [0.15, 0.2) is 18.2 Å². The highest BCUT2D eigenvalue weighted by atomic mass is 35.5. The minimum atomic E-state index is -0.868. The molecule has 0 radical (unpaired) electrons. The highest BCUT2D eigenvalue weighted by molar-refractivity contribution is 6.42. The lowest BCUT2D eigenvalue weighted by atomic mass is 10.2. The molecule has 0 heterocycles. The van der Waals surface area contributed by atoms with E-state index >= 15 is 0 Å². The topological polar surface area (TPSA) is 40.5 Å². The minimum absolute atomic E-state index is 0.426. The van der Waals surface area contributed by atoms with Gasteiger partial charge in [-0.15, -0.1) is 0 Å². The molecule has 1 aromatic carbocycles. The minimum Gasteiger partial charge on any atom is -0.480 e. The van der Waals surface area contributed by atoms with E-state index in [-0.39, 0.29) is 0 Å². The van der Waals surface area contributed by atoms with Crippen molar-refractivity contribution in [1.29, 1.82) is 0 Å². The second-order valence-electron chi connectivity index (χ2n) is 3.40. The Morgan fingerprint density at radius 3 is 2.50 bits per heavy atom. The molecule has 1 rings (SSSR count). The zero-order chi connectivity index (χ0) is 12.3. The average Bonchev–Trinajstić information content (AvgIpc) is 2.24. The van der Waals surface area contributed by atoms with E-state index in [1.807, 2.05) is 6.92 Å². The Balaban J connectivity index is 3.04. The maximum Gasteiger partial charge on any atom is 0.326 e. The number of hydrogen-bond acceptors (Lipinski definition) is 2. The first-order valence-electron chi connectivity index (χ1n) is 4.91. The molecule has 0 amide bonds. The van der Waals surface area contributed by atoms with Gasteiger partial charge in [0.15, 0.2) is 0 Å². The first-order chi connectivity index (χ1) is 7.47. The van der Waals surface area contributed by atoms with Crippen molar-refractivity contribution < 1.29 is 9.90 Å². The van der Waals surface area contributed by atoms with Crippen LogP contribution >= 0.6 is 23.2 Å². The van der Waals surface area contributed by atoms with E-state index in [9.17, 15) is 4.79 Å². The van der Waals surface area contributed by atoms with Gasteiger partial charge in [-0.2, -0.15) is 0 Å². The molecule has 0 saturated heterocycles. The van der Waals surface area contributed by atoms with E-state index in [0.717, 1.165) is 5.69 Å². The molecule has 3 nitrogen and oxygen atoms in total. The Morgan fingerprint density at radius 1 is 1.44 bits per heavy atom. The number of likely N-dealkylation sites (N-methyl/N-ethyl adjacent to an activating group) is 1. The van der Waals surface area contributed by atoms with Crippen LogP contribution in [0.3, 0.4) is 0 Å². The lowest BCUT2D eigenvalue weighted by Gasteiger charge is -2.27. The lowest BCUT2D eigenvalue weighted by molar-refractivity contribution is -0.138. The molecule has 0 saturated carbocycles. The number of carboxylic acids is 1. The van der Waals surface area contributed by atoms with E-state index in [0.29, 0.717) is 16.6 Å². The molecule has 1 aromatic rings. The number of halogens is 2. The zero-order valence-electron chi connectivity index (χ0n) is 9.08. The smallest absolute Gasteiger partial charge is 0.326 e. The number of benzene rings is 1. The fourth-order valence-electron chi connectivity index (χ4n) is 1.48. The van der Waals surface area contributed by atoms with Crippen molar-refractivity contribution in [3.63, 3.8) is 0 Å². The second-order valence-corrected chi connectivity index (χ2v) is 4.21. The number of carbonyl (C=O) groups is 1. The van der Waals surface area contributed by atoms with Crippen molar-refractivity contribution in [2.75, 3.05) is 11.4 Å². The van der Waals surface area contributed by atoms with Crippen LogP contribution in [0.2, 0.25) is 10.0 Å². The first-order valence-corrected chi connectivity index (χ1v) is 5.67. The maximum atomic E-state index is 10.9. The summed E-state index contributed by atoms with van der Waals surface area (Å²) in [4.78, 5) is 12.7. The summed E-state index contributed by atoms with van der Waals surface area (Å²) in [7, 11) is 0. The molecule has 0 fully saturated rings. The van der Waals surface area contributed by atoms with E-state index in [1.165, 1.54) is 0 Å². The summed E-state index contributed by atoms with van der Waals surface area (Å²) in [5.74, 6) is -0.868. The first kappa shape index (κ1) is 13.1. The second kappa shape index (κ2) is 5.41. The Labute approximate surface area is 105 Å². The van der Waals surface area contributed by atoms with Gasteiger partial charge in [-0.3, -0.25) is 0 Å². The number of rotatable bonds is 4. The van der Waals surface area contributed by atoms with E-state index < -0.39 is 12.0 Å². The van der Waals surface area contributed by atoms with Gasteiger partial charge in [-0.1, -0.05) is 23.2 Å². The van der Waals surface area contributed by atoms with Crippen molar-refractivity contribution in [3.05, 3.63) is 28.2 Å². The number of aliphatic carboxylic acids is 1. The molecular formula is C11H13Cl2NO2. The van der Waals surface area contributed by atoms with Crippen LogP contribution in [-0.2, 0) is 4.79 Å². The molecule has 16 heavy (non-hydrogen) atoms. The van der Waals surface area contributed by atoms with E-state index in [1.54, 1.807) is 30.0 Å². The van der Waals surface area contributed by atoms with Crippen LogP contribution < -0.4 is 4.90 Å². The number of carboxylic acid groups (broad SMARTS) is 1. The summed E-state index contributed by atoms with van der Waals surface area (Å²) in [6.07, 6.45) is 0. The van der Waals surface area contributed by atoms with Gasteiger partial charge in [-0.05, 0) is 32.0 Å². The fourth-order valence-corrected chi connectivity index (χ4v) is 1.77. The molecule has 88 valence electrons. The third-order valence-corrected chi connectivity index (χ3v) is 3.14. The Bertz CT molecular complexity index is 396. The van der Waals surface area contributed by atoms with E-state index in [4.69, 9.17) is 28.3 Å². The van der Waals surface area contributed by atoms with Gasteiger partial charge >= 0.3 is 5.97 Å². The van der Waals surface area contributed by atoms with Crippen LogP contribution in [-0.4, -0.2) is 23.7 Å². The summed E-state index contributed by atoms with van der Waals surface area (Å²) in [5, 5.41) is 9.86. The third-order valence-electron chi connectivity index (χ3n) is 2.40. The van der Waals surface area contributed by atoms with Crippen LogP contribution in [0.1, 0.15) is 13.8 Å². The zero-order valence-corrected chi connectivity index (χ0v) is 10.6. The fraction of sp³-hybridized carbons (Fsp3) is 0.364. The summed E-state index contributed by atoms with van der Waals surface area (Å²) in [5.41, 5.74) is 0.756. The monoisotopic (exact) mass is 261 g/mol. The van der Waals surface area contributed by atoms with Crippen molar-refractivity contribution in [1.82, 2.24) is 0 Å². The number of hydrogen-bond donors (Lipinski definition) is 1. The molecule has 0 bridgehead atoms. The molecule has 0 aliphatic rings. The molecule has 1 N–H and O–H groups in total. The summed E-state index contributed by atoms with van der Waals surface area (Å²) >= 11 is 11.7. The highest BCUT2D eigenvalue weighted by Crippen LogP contribution is 2.28.